The smallest absolute Gasteiger partial charge is 0.0674 e. The fraction of sp³-hybridized carbons (Fsp3) is 0.812. The fourth-order valence-electron chi connectivity index (χ4n) is 3.31. The molecule has 0 bridgehead atoms. The van der Waals surface area contributed by atoms with Gasteiger partial charge in [-0.2, -0.15) is 5.10 Å². The number of aryl methyl sites for hydroxylation is 1. The summed E-state index contributed by atoms with van der Waals surface area (Å²) in [4.78, 5) is 2.58. The number of aromatic nitrogens is 2. The second-order valence-corrected chi connectivity index (χ2v) is 6.95. The molecule has 1 aliphatic heterocycles. The van der Waals surface area contributed by atoms with Crippen molar-refractivity contribution in [1.82, 2.24) is 14.7 Å². The number of likely N-dealkylation sites (tertiary alicyclic amines) is 1. The van der Waals surface area contributed by atoms with Gasteiger partial charge in [-0.15, -0.1) is 0 Å². The first-order valence-electron chi connectivity index (χ1n) is 7.99. The minimum atomic E-state index is 0.133. The van der Waals surface area contributed by atoms with Crippen molar-refractivity contribution in [1.29, 1.82) is 0 Å². The van der Waals surface area contributed by atoms with Crippen molar-refractivity contribution in [2.24, 2.45) is 5.73 Å². The average molecular weight is 278 g/mol. The molecule has 2 rings (SSSR count). The lowest BCUT2D eigenvalue weighted by molar-refractivity contribution is 0.0704. The first-order chi connectivity index (χ1) is 9.45. The van der Waals surface area contributed by atoms with Gasteiger partial charge in [0.25, 0.3) is 0 Å². The lowest BCUT2D eigenvalue weighted by atomic mass is 9.95. The molecule has 1 saturated heterocycles. The largest absolute Gasteiger partial charge is 0.326 e. The van der Waals surface area contributed by atoms with Crippen LogP contribution < -0.4 is 5.73 Å². The van der Waals surface area contributed by atoms with Crippen molar-refractivity contribution >= 4 is 0 Å². The van der Waals surface area contributed by atoms with Crippen LogP contribution in [0.4, 0.5) is 0 Å². The maximum absolute atomic E-state index is 6.54. The van der Waals surface area contributed by atoms with Gasteiger partial charge in [-0.25, -0.2) is 0 Å². The molecule has 4 nitrogen and oxygen atoms in total. The third-order valence-electron chi connectivity index (χ3n) is 4.28. The lowest BCUT2D eigenvalue weighted by Gasteiger charge is -2.42. The van der Waals surface area contributed by atoms with Gasteiger partial charge in [0.2, 0.25) is 0 Å². The molecule has 20 heavy (non-hydrogen) atoms. The number of nitrogens with zero attached hydrogens (tertiary/aromatic N) is 3. The van der Waals surface area contributed by atoms with Crippen molar-refractivity contribution in [3.8, 4) is 0 Å². The molecular weight excluding hydrogens is 248 g/mol. The van der Waals surface area contributed by atoms with Crippen LogP contribution in [0.3, 0.4) is 0 Å². The highest BCUT2D eigenvalue weighted by molar-refractivity contribution is 5.12. The van der Waals surface area contributed by atoms with Crippen LogP contribution in [0.25, 0.3) is 0 Å². The zero-order valence-electron chi connectivity index (χ0n) is 13.5. The van der Waals surface area contributed by atoms with E-state index in [2.05, 4.69) is 48.4 Å². The molecule has 0 spiro atoms. The summed E-state index contributed by atoms with van der Waals surface area (Å²) < 4.78 is 2.15. The number of hydrogen-bond acceptors (Lipinski definition) is 3. The molecule has 1 fully saturated rings. The summed E-state index contributed by atoms with van der Waals surface area (Å²) in [5, 5.41) is 4.50. The van der Waals surface area contributed by atoms with E-state index in [1.807, 2.05) is 6.20 Å². The van der Waals surface area contributed by atoms with Crippen molar-refractivity contribution < 1.29 is 0 Å². The third kappa shape index (κ3) is 3.23. The van der Waals surface area contributed by atoms with E-state index in [1.54, 1.807) is 0 Å². The Labute approximate surface area is 123 Å². The predicted molar refractivity (Wildman–Crippen MR) is 83.5 cm³/mol. The van der Waals surface area contributed by atoms with Gasteiger partial charge in [0.15, 0.2) is 0 Å². The van der Waals surface area contributed by atoms with Gasteiger partial charge in [-0.05, 0) is 52.6 Å². The molecule has 1 aromatic heterocycles. The molecule has 2 unspecified atom stereocenters. The maximum atomic E-state index is 6.54. The Morgan fingerprint density at radius 2 is 2.10 bits per heavy atom. The standard InChI is InChI=1S/C16H30N4/c1-5-11-20-14(9-10-18-20)15-13(17)8-6-7-12-19(15)16(2,3)4/h9-10,13,15H,5-8,11-12,17H2,1-4H3. The minimum absolute atomic E-state index is 0.133. The Kier molecular flexibility index (Phi) is 4.86. The second kappa shape index (κ2) is 6.27. The summed E-state index contributed by atoms with van der Waals surface area (Å²) >= 11 is 0. The summed E-state index contributed by atoms with van der Waals surface area (Å²) in [5.41, 5.74) is 7.96. The molecule has 0 radical (unpaired) electrons. The van der Waals surface area contributed by atoms with E-state index >= 15 is 0 Å². The van der Waals surface area contributed by atoms with Gasteiger partial charge < -0.3 is 5.73 Å². The van der Waals surface area contributed by atoms with Crippen molar-refractivity contribution in [3.63, 3.8) is 0 Å². The fourth-order valence-corrected chi connectivity index (χ4v) is 3.31. The summed E-state index contributed by atoms with van der Waals surface area (Å²) in [6.07, 6.45) is 6.60. The molecule has 0 aliphatic carbocycles. The van der Waals surface area contributed by atoms with Crippen LogP contribution >= 0.6 is 0 Å². The highest BCUT2D eigenvalue weighted by Crippen LogP contribution is 2.34. The molecule has 4 heteroatoms. The number of rotatable bonds is 3. The Morgan fingerprint density at radius 1 is 1.35 bits per heavy atom. The summed E-state index contributed by atoms with van der Waals surface area (Å²) in [6, 6.07) is 2.64. The molecule has 0 aromatic carbocycles. The lowest BCUT2D eigenvalue weighted by Crippen LogP contribution is -2.49. The Morgan fingerprint density at radius 3 is 2.75 bits per heavy atom. The van der Waals surface area contributed by atoms with Gasteiger partial charge >= 0.3 is 0 Å². The molecule has 0 saturated carbocycles. The Bertz CT molecular complexity index is 418. The zero-order chi connectivity index (χ0) is 14.8. The normalized spacial score (nSPS) is 25.6. The van der Waals surface area contributed by atoms with Crippen LogP contribution in [0, 0.1) is 0 Å². The summed E-state index contributed by atoms with van der Waals surface area (Å²) in [6.45, 7) is 11.2. The first kappa shape index (κ1) is 15.5. The van der Waals surface area contributed by atoms with E-state index < -0.39 is 0 Å². The highest BCUT2D eigenvalue weighted by atomic mass is 15.3. The van der Waals surface area contributed by atoms with Gasteiger partial charge in [0, 0.05) is 24.3 Å². The van der Waals surface area contributed by atoms with Crippen LogP contribution in [0.1, 0.15) is 65.1 Å². The van der Waals surface area contributed by atoms with E-state index in [4.69, 9.17) is 5.73 Å². The molecule has 2 heterocycles. The van der Waals surface area contributed by atoms with Crippen molar-refractivity contribution in [2.45, 2.75) is 77.5 Å². The molecular formula is C16H30N4. The number of hydrogen-bond donors (Lipinski definition) is 1. The number of nitrogens with two attached hydrogens (primary N) is 1. The molecule has 2 atom stereocenters. The molecule has 2 N–H and O–H groups in total. The minimum Gasteiger partial charge on any atom is -0.326 e. The van der Waals surface area contributed by atoms with Gasteiger partial charge in [-0.3, -0.25) is 9.58 Å². The average Bonchev–Trinajstić information content (AvgIpc) is 2.70. The van der Waals surface area contributed by atoms with E-state index in [1.165, 1.54) is 18.5 Å². The monoisotopic (exact) mass is 278 g/mol. The van der Waals surface area contributed by atoms with Gasteiger partial charge in [-0.1, -0.05) is 13.3 Å². The first-order valence-corrected chi connectivity index (χ1v) is 7.99. The van der Waals surface area contributed by atoms with Crippen LogP contribution in [0.2, 0.25) is 0 Å². The zero-order valence-corrected chi connectivity index (χ0v) is 13.5. The highest BCUT2D eigenvalue weighted by Gasteiger charge is 2.36. The molecule has 0 amide bonds. The van der Waals surface area contributed by atoms with Crippen LogP contribution in [0.15, 0.2) is 12.3 Å². The Balaban J connectivity index is 2.37. The van der Waals surface area contributed by atoms with E-state index in [0.29, 0.717) is 0 Å². The SMILES string of the molecule is CCCn1nccc1C1C(N)CCCCN1C(C)(C)C. The van der Waals surface area contributed by atoms with Crippen molar-refractivity contribution in [3.05, 3.63) is 18.0 Å². The molecule has 1 aliphatic rings. The third-order valence-corrected chi connectivity index (χ3v) is 4.28. The second-order valence-electron chi connectivity index (χ2n) is 6.95. The van der Waals surface area contributed by atoms with Crippen molar-refractivity contribution in [2.75, 3.05) is 6.54 Å². The predicted octanol–water partition coefficient (Wildman–Crippen LogP) is 2.95. The van der Waals surface area contributed by atoms with E-state index in [0.717, 1.165) is 25.9 Å². The summed E-state index contributed by atoms with van der Waals surface area (Å²) in [7, 11) is 0. The van der Waals surface area contributed by atoms with Crippen LogP contribution in [0.5, 0.6) is 0 Å². The Hall–Kier alpha value is -0.870. The maximum Gasteiger partial charge on any atom is 0.0674 e. The van der Waals surface area contributed by atoms with Crippen LogP contribution in [-0.2, 0) is 6.54 Å². The molecule has 1 aromatic rings. The van der Waals surface area contributed by atoms with Gasteiger partial charge in [0.05, 0.1) is 11.7 Å². The van der Waals surface area contributed by atoms with E-state index in [-0.39, 0.29) is 17.6 Å². The quantitative estimate of drug-likeness (QED) is 0.924. The molecule has 114 valence electrons. The van der Waals surface area contributed by atoms with E-state index in [9.17, 15) is 0 Å². The topological polar surface area (TPSA) is 47.1 Å². The van der Waals surface area contributed by atoms with Gasteiger partial charge in [0.1, 0.15) is 0 Å². The summed E-state index contributed by atoms with van der Waals surface area (Å²) in [5.74, 6) is 0. The van der Waals surface area contributed by atoms with Crippen LogP contribution in [-0.4, -0.2) is 32.8 Å².